The van der Waals surface area contributed by atoms with Crippen LogP contribution in [0.2, 0.25) is 0 Å². The highest BCUT2D eigenvalue weighted by molar-refractivity contribution is 5.81. The second-order valence-electron chi connectivity index (χ2n) is 10.6. The number of pyridine rings is 1. The van der Waals surface area contributed by atoms with Gasteiger partial charge in [-0.25, -0.2) is 4.68 Å². The second-order valence-corrected chi connectivity index (χ2v) is 10.6. The lowest BCUT2D eigenvalue weighted by molar-refractivity contribution is 0.196. The van der Waals surface area contributed by atoms with Gasteiger partial charge in [0.2, 0.25) is 0 Å². The molecule has 1 atom stereocenters. The van der Waals surface area contributed by atoms with Gasteiger partial charge in [-0.1, -0.05) is 25.0 Å². The van der Waals surface area contributed by atoms with Crippen LogP contribution >= 0.6 is 0 Å². The Hall–Kier alpha value is -3.72. The summed E-state index contributed by atoms with van der Waals surface area (Å²) >= 11 is 0. The summed E-state index contributed by atoms with van der Waals surface area (Å²) in [6.45, 7) is 7.34. The largest absolute Gasteiger partial charge is 0.495 e. The molecule has 38 heavy (non-hydrogen) atoms. The van der Waals surface area contributed by atoms with Gasteiger partial charge in [0.1, 0.15) is 11.8 Å². The van der Waals surface area contributed by atoms with Gasteiger partial charge in [-0.15, -0.1) is 5.10 Å². The Bertz CT molecular complexity index is 1500. The lowest BCUT2D eigenvalue weighted by atomic mass is 10.00. The predicted molar refractivity (Wildman–Crippen MR) is 148 cm³/mol. The number of para-hydroxylation sites is 2. The Labute approximate surface area is 222 Å². The summed E-state index contributed by atoms with van der Waals surface area (Å²) in [4.78, 5) is 21.5. The SMILES string of the molecule is COc1ccccc1N1CCN([C@H](c2cc3cc(C)c(C)cc3[nH]c2=O)c2nnnn2C2CCCC2)CC1. The number of nitrogens with zero attached hydrogens (tertiary/aromatic N) is 6. The number of hydrogen-bond acceptors (Lipinski definition) is 7. The van der Waals surface area contributed by atoms with Crippen molar-refractivity contribution >= 4 is 16.6 Å². The maximum atomic E-state index is 13.6. The van der Waals surface area contributed by atoms with Crippen LogP contribution in [0.3, 0.4) is 0 Å². The molecule has 6 rings (SSSR count). The minimum absolute atomic E-state index is 0.0844. The molecule has 1 saturated heterocycles. The standard InChI is InChI=1S/C29H35N7O2/c1-19-16-21-18-23(29(37)30-24(21)17-20(19)2)27(28-31-32-33-36(28)22-8-4-5-9-22)35-14-12-34(13-15-35)25-10-6-7-11-26(25)38-3/h6-7,10-11,16-18,22,27H,4-5,8-9,12-15H2,1-3H3,(H,30,37)/t27-/m1/s1. The van der Waals surface area contributed by atoms with Crippen LogP contribution in [0.5, 0.6) is 5.75 Å². The van der Waals surface area contributed by atoms with Crippen molar-refractivity contribution in [2.24, 2.45) is 0 Å². The summed E-state index contributed by atoms with van der Waals surface area (Å²) in [7, 11) is 1.71. The molecule has 0 radical (unpaired) electrons. The number of benzene rings is 2. The Morgan fingerprint density at radius 2 is 1.74 bits per heavy atom. The van der Waals surface area contributed by atoms with Gasteiger partial charge in [-0.2, -0.15) is 0 Å². The molecule has 1 saturated carbocycles. The highest BCUT2D eigenvalue weighted by atomic mass is 16.5. The molecule has 0 amide bonds. The van der Waals surface area contributed by atoms with Crippen molar-refractivity contribution in [2.45, 2.75) is 51.6 Å². The van der Waals surface area contributed by atoms with Crippen molar-refractivity contribution in [3.05, 3.63) is 75.3 Å². The van der Waals surface area contributed by atoms with Crippen LogP contribution < -0.4 is 15.2 Å². The van der Waals surface area contributed by atoms with Gasteiger partial charge in [0, 0.05) is 37.3 Å². The van der Waals surface area contributed by atoms with E-state index in [0.717, 1.165) is 72.7 Å². The molecule has 2 fully saturated rings. The van der Waals surface area contributed by atoms with Crippen LogP contribution in [0.1, 0.15) is 60.3 Å². The van der Waals surface area contributed by atoms with E-state index >= 15 is 0 Å². The minimum atomic E-state index is -0.333. The van der Waals surface area contributed by atoms with Gasteiger partial charge in [0.05, 0.1) is 18.8 Å². The van der Waals surface area contributed by atoms with Gasteiger partial charge >= 0.3 is 0 Å². The zero-order valence-electron chi connectivity index (χ0n) is 22.4. The number of aryl methyl sites for hydroxylation is 2. The van der Waals surface area contributed by atoms with E-state index in [-0.39, 0.29) is 17.6 Å². The maximum Gasteiger partial charge on any atom is 0.253 e. The molecule has 2 aromatic carbocycles. The summed E-state index contributed by atoms with van der Waals surface area (Å²) < 4.78 is 7.61. The van der Waals surface area contributed by atoms with Crippen LogP contribution in [0, 0.1) is 13.8 Å². The number of aromatic nitrogens is 5. The first kappa shape index (κ1) is 24.6. The minimum Gasteiger partial charge on any atom is -0.495 e. The number of nitrogens with one attached hydrogen (secondary N) is 1. The van der Waals surface area contributed by atoms with Gasteiger partial charge in [-0.3, -0.25) is 9.69 Å². The number of anilines is 1. The van der Waals surface area contributed by atoms with Crippen molar-refractivity contribution < 1.29 is 4.74 Å². The van der Waals surface area contributed by atoms with Crippen molar-refractivity contribution in [3.63, 3.8) is 0 Å². The highest BCUT2D eigenvalue weighted by Gasteiger charge is 2.35. The number of hydrogen-bond donors (Lipinski definition) is 1. The number of rotatable bonds is 6. The quantitative estimate of drug-likeness (QED) is 0.414. The van der Waals surface area contributed by atoms with Gasteiger partial charge < -0.3 is 14.6 Å². The van der Waals surface area contributed by atoms with Crippen LogP contribution in [-0.4, -0.2) is 63.4 Å². The molecule has 1 aliphatic carbocycles. The molecular weight excluding hydrogens is 478 g/mol. The summed E-state index contributed by atoms with van der Waals surface area (Å²) in [6, 6.07) is 14.3. The van der Waals surface area contributed by atoms with Crippen LogP contribution in [0.25, 0.3) is 10.9 Å². The molecule has 4 aromatic rings. The number of aromatic amines is 1. The van der Waals surface area contributed by atoms with E-state index in [1.165, 1.54) is 18.4 Å². The lowest BCUT2D eigenvalue weighted by Crippen LogP contribution is -2.49. The zero-order chi connectivity index (χ0) is 26.2. The molecule has 2 aliphatic rings. The van der Waals surface area contributed by atoms with Crippen LogP contribution in [0.4, 0.5) is 5.69 Å². The average molecular weight is 514 g/mol. The van der Waals surface area contributed by atoms with Crippen molar-refractivity contribution in [1.82, 2.24) is 30.1 Å². The van der Waals surface area contributed by atoms with Gasteiger partial charge in [0.15, 0.2) is 5.82 Å². The van der Waals surface area contributed by atoms with E-state index in [9.17, 15) is 4.79 Å². The third kappa shape index (κ3) is 4.45. The third-order valence-electron chi connectivity index (χ3n) is 8.32. The summed E-state index contributed by atoms with van der Waals surface area (Å²) in [6.07, 6.45) is 4.50. The molecule has 9 nitrogen and oxygen atoms in total. The molecule has 0 spiro atoms. The molecule has 1 aliphatic heterocycles. The first-order valence-corrected chi connectivity index (χ1v) is 13.6. The van der Waals surface area contributed by atoms with Crippen LogP contribution in [-0.2, 0) is 0 Å². The van der Waals surface area contributed by atoms with Gasteiger partial charge in [-0.05, 0) is 84.0 Å². The molecule has 1 N–H and O–H groups in total. The Morgan fingerprint density at radius 1 is 1.00 bits per heavy atom. The Morgan fingerprint density at radius 3 is 2.50 bits per heavy atom. The number of tetrazole rings is 1. The van der Waals surface area contributed by atoms with Gasteiger partial charge in [0.25, 0.3) is 5.56 Å². The van der Waals surface area contributed by atoms with Crippen LogP contribution in [0.15, 0.2) is 47.3 Å². The number of methoxy groups -OCH3 is 1. The van der Waals surface area contributed by atoms with E-state index in [2.05, 4.69) is 62.4 Å². The zero-order valence-corrected chi connectivity index (χ0v) is 22.4. The van der Waals surface area contributed by atoms with Crippen molar-refractivity contribution in [2.75, 3.05) is 38.2 Å². The van der Waals surface area contributed by atoms with E-state index in [1.54, 1.807) is 7.11 Å². The topological polar surface area (TPSA) is 92.2 Å². The summed E-state index contributed by atoms with van der Waals surface area (Å²) in [5, 5.41) is 14.1. The Balaban J connectivity index is 1.40. The fourth-order valence-corrected chi connectivity index (χ4v) is 6.10. The normalized spacial score (nSPS) is 17.8. The molecule has 9 heteroatoms. The Kier molecular flexibility index (Phi) is 6.61. The molecule has 198 valence electrons. The monoisotopic (exact) mass is 513 g/mol. The maximum absolute atomic E-state index is 13.6. The highest BCUT2D eigenvalue weighted by Crippen LogP contribution is 2.35. The molecule has 2 aromatic heterocycles. The average Bonchev–Trinajstić information content (AvgIpc) is 3.63. The lowest BCUT2D eigenvalue weighted by Gasteiger charge is -2.40. The van der Waals surface area contributed by atoms with Crippen molar-refractivity contribution in [3.8, 4) is 5.75 Å². The number of ether oxygens (including phenoxy) is 1. The fourth-order valence-electron chi connectivity index (χ4n) is 6.10. The second kappa shape index (κ2) is 10.2. The van der Waals surface area contributed by atoms with Crippen molar-refractivity contribution in [1.29, 1.82) is 0 Å². The van der Waals surface area contributed by atoms with E-state index in [0.29, 0.717) is 5.56 Å². The molecule has 3 heterocycles. The number of H-pyrrole nitrogens is 1. The number of fused-ring (bicyclic) bond motifs is 1. The molecule has 0 unspecified atom stereocenters. The molecular formula is C29H35N7O2. The molecule has 0 bridgehead atoms. The van der Waals surface area contributed by atoms with E-state index in [4.69, 9.17) is 4.74 Å². The summed E-state index contributed by atoms with van der Waals surface area (Å²) in [5.41, 5.74) is 4.93. The smallest absolute Gasteiger partial charge is 0.253 e. The first-order chi connectivity index (χ1) is 18.5. The first-order valence-electron chi connectivity index (χ1n) is 13.6. The van der Waals surface area contributed by atoms with E-state index in [1.807, 2.05) is 28.9 Å². The predicted octanol–water partition coefficient (Wildman–Crippen LogP) is 4.17. The third-order valence-corrected chi connectivity index (χ3v) is 8.32. The summed E-state index contributed by atoms with van der Waals surface area (Å²) in [5.74, 6) is 1.63. The van der Waals surface area contributed by atoms with E-state index < -0.39 is 0 Å². The number of piperazine rings is 1. The fraction of sp³-hybridized carbons (Fsp3) is 0.448.